The SMILES string of the molecule is CCn1cc(Br)cc1C(=O)NCCC(C)N.Cl. The van der Waals surface area contributed by atoms with E-state index in [1.165, 1.54) is 0 Å². The zero-order chi connectivity index (χ0) is 12.1. The van der Waals surface area contributed by atoms with Gasteiger partial charge in [0.2, 0.25) is 0 Å². The second kappa shape index (κ2) is 7.74. The topological polar surface area (TPSA) is 60.0 Å². The summed E-state index contributed by atoms with van der Waals surface area (Å²) in [6.07, 6.45) is 2.69. The molecule has 1 aromatic rings. The summed E-state index contributed by atoms with van der Waals surface area (Å²) in [6.45, 7) is 5.33. The number of nitrogens with zero attached hydrogens (tertiary/aromatic N) is 1. The van der Waals surface area contributed by atoms with Gasteiger partial charge in [-0.05, 0) is 42.3 Å². The van der Waals surface area contributed by atoms with E-state index in [4.69, 9.17) is 5.73 Å². The number of nitrogens with one attached hydrogen (secondary N) is 1. The molecule has 1 heterocycles. The molecule has 3 N–H and O–H groups in total. The quantitative estimate of drug-likeness (QED) is 0.872. The Hall–Kier alpha value is -0.520. The van der Waals surface area contributed by atoms with Gasteiger partial charge in [-0.2, -0.15) is 0 Å². The average Bonchev–Trinajstić information content (AvgIpc) is 2.59. The van der Waals surface area contributed by atoms with E-state index in [9.17, 15) is 4.79 Å². The van der Waals surface area contributed by atoms with Crippen molar-refractivity contribution in [3.05, 3.63) is 22.4 Å². The van der Waals surface area contributed by atoms with Crippen LogP contribution in [0.5, 0.6) is 0 Å². The molecular formula is C11H19BrClN3O. The fraction of sp³-hybridized carbons (Fsp3) is 0.545. The maximum Gasteiger partial charge on any atom is 0.267 e. The molecule has 6 heteroatoms. The van der Waals surface area contributed by atoms with Crippen molar-refractivity contribution >= 4 is 34.2 Å². The van der Waals surface area contributed by atoms with Gasteiger partial charge in [-0.25, -0.2) is 0 Å². The molecular weight excluding hydrogens is 305 g/mol. The van der Waals surface area contributed by atoms with Crippen molar-refractivity contribution < 1.29 is 4.79 Å². The average molecular weight is 325 g/mol. The lowest BCUT2D eigenvalue weighted by Gasteiger charge is -2.08. The van der Waals surface area contributed by atoms with Gasteiger partial charge in [0.1, 0.15) is 5.69 Å². The van der Waals surface area contributed by atoms with E-state index in [1.54, 1.807) is 0 Å². The van der Waals surface area contributed by atoms with Crippen molar-refractivity contribution in [2.24, 2.45) is 5.73 Å². The molecule has 0 aliphatic rings. The maximum absolute atomic E-state index is 11.8. The highest BCUT2D eigenvalue weighted by Gasteiger charge is 2.11. The smallest absolute Gasteiger partial charge is 0.267 e. The Morgan fingerprint density at radius 3 is 2.82 bits per heavy atom. The zero-order valence-corrected chi connectivity index (χ0v) is 12.5. The molecule has 4 nitrogen and oxygen atoms in total. The molecule has 0 aliphatic carbocycles. The van der Waals surface area contributed by atoms with Crippen molar-refractivity contribution in [3.63, 3.8) is 0 Å². The molecule has 98 valence electrons. The summed E-state index contributed by atoms with van der Waals surface area (Å²) in [5, 5.41) is 2.86. The number of halogens is 2. The number of amides is 1. The first-order valence-electron chi connectivity index (χ1n) is 5.44. The van der Waals surface area contributed by atoms with Crippen LogP contribution < -0.4 is 11.1 Å². The summed E-state index contributed by atoms with van der Waals surface area (Å²) in [6, 6.07) is 1.94. The van der Waals surface area contributed by atoms with Gasteiger partial charge in [0.25, 0.3) is 5.91 Å². The standard InChI is InChI=1S/C11H18BrN3O.ClH/c1-3-15-7-9(12)6-10(15)11(16)14-5-4-8(2)13;/h6-8H,3-5,13H2,1-2H3,(H,14,16);1H. The number of hydrogen-bond donors (Lipinski definition) is 2. The van der Waals surface area contributed by atoms with Crippen molar-refractivity contribution in [3.8, 4) is 0 Å². The third-order valence-corrected chi connectivity index (χ3v) is 2.76. The normalized spacial score (nSPS) is 11.8. The highest BCUT2D eigenvalue weighted by molar-refractivity contribution is 9.10. The number of hydrogen-bond acceptors (Lipinski definition) is 2. The van der Waals surface area contributed by atoms with Crippen LogP contribution in [0.25, 0.3) is 0 Å². The summed E-state index contributed by atoms with van der Waals surface area (Å²) in [7, 11) is 0. The van der Waals surface area contributed by atoms with E-state index in [2.05, 4.69) is 21.2 Å². The minimum absolute atomic E-state index is 0. The van der Waals surface area contributed by atoms with Crippen LogP contribution in [0.3, 0.4) is 0 Å². The second-order valence-corrected chi connectivity index (χ2v) is 4.77. The Morgan fingerprint density at radius 1 is 1.65 bits per heavy atom. The van der Waals surface area contributed by atoms with Crippen molar-refractivity contribution in [2.45, 2.75) is 32.9 Å². The van der Waals surface area contributed by atoms with Gasteiger partial charge in [0.05, 0.1) is 0 Å². The fourth-order valence-corrected chi connectivity index (χ4v) is 1.89. The van der Waals surface area contributed by atoms with Crippen LogP contribution in [0.4, 0.5) is 0 Å². The summed E-state index contributed by atoms with van der Waals surface area (Å²) in [5.74, 6) is -0.0480. The van der Waals surface area contributed by atoms with Crippen LogP contribution in [0.2, 0.25) is 0 Å². The molecule has 1 rings (SSSR count). The lowest BCUT2D eigenvalue weighted by atomic mass is 10.2. The Labute approximate surface area is 116 Å². The Balaban J connectivity index is 0.00000256. The van der Waals surface area contributed by atoms with Gasteiger partial charge in [-0.3, -0.25) is 4.79 Å². The van der Waals surface area contributed by atoms with E-state index in [1.807, 2.05) is 30.7 Å². The summed E-state index contributed by atoms with van der Waals surface area (Å²) >= 11 is 3.36. The molecule has 0 fully saturated rings. The highest BCUT2D eigenvalue weighted by Crippen LogP contribution is 2.14. The molecule has 1 aromatic heterocycles. The number of nitrogens with two attached hydrogens (primary N) is 1. The van der Waals surface area contributed by atoms with Crippen LogP contribution in [0.1, 0.15) is 30.8 Å². The third-order valence-electron chi connectivity index (χ3n) is 2.32. The van der Waals surface area contributed by atoms with Crippen LogP contribution in [-0.2, 0) is 6.54 Å². The summed E-state index contributed by atoms with van der Waals surface area (Å²) in [4.78, 5) is 11.8. The maximum atomic E-state index is 11.8. The molecule has 1 unspecified atom stereocenters. The number of aromatic nitrogens is 1. The largest absolute Gasteiger partial charge is 0.351 e. The number of rotatable bonds is 5. The van der Waals surface area contributed by atoms with E-state index in [-0.39, 0.29) is 24.4 Å². The molecule has 0 spiro atoms. The number of aryl methyl sites for hydroxylation is 1. The van der Waals surface area contributed by atoms with E-state index in [0.29, 0.717) is 12.2 Å². The molecule has 0 bridgehead atoms. The summed E-state index contributed by atoms with van der Waals surface area (Å²) < 4.78 is 2.83. The minimum atomic E-state index is -0.0480. The van der Waals surface area contributed by atoms with Gasteiger partial charge in [0, 0.05) is 29.8 Å². The molecule has 0 aliphatic heterocycles. The molecule has 0 radical (unpaired) electrons. The molecule has 17 heavy (non-hydrogen) atoms. The van der Waals surface area contributed by atoms with E-state index >= 15 is 0 Å². The Morgan fingerprint density at radius 2 is 2.29 bits per heavy atom. The molecule has 1 amide bonds. The van der Waals surface area contributed by atoms with Gasteiger partial charge >= 0.3 is 0 Å². The third kappa shape index (κ3) is 5.10. The monoisotopic (exact) mass is 323 g/mol. The lowest BCUT2D eigenvalue weighted by Crippen LogP contribution is -2.30. The van der Waals surface area contributed by atoms with Crippen LogP contribution in [0, 0.1) is 0 Å². The molecule has 0 aromatic carbocycles. The van der Waals surface area contributed by atoms with E-state index in [0.717, 1.165) is 17.4 Å². The first-order chi connectivity index (χ1) is 7.54. The predicted molar refractivity (Wildman–Crippen MR) is 75.7 cm³/mol. The second-order valence-electron chi connectivity index (χ2n) is 3.85. The molecule has 0 saturated heterocycles. The first-order valence-corrected chi connectivity index (χ1v) is 6.23. The van der Waals surface area contributed by atoms with Crippen molar-refractivity contribution in [1.82, 2.24) is 9.88 Å². The predicted octanol–water partition coefficient (Wildman–Crippen LogP) is 2.16. The summed E-state index contributed by atoms with van der Waals surface area (Å²) in [5.41, 5.74) is 6.29. The number of carbonyl (C=O) groups is 1. The van der Waals surface area contributed by atoms with Crippen LogP contribution in [-0.4, -0.2) is 23.1 Å². The molecule has 0 saturated carbocycles. The van der Waals surface area contributed by atoms with Gasteiger partial charge < -0.3 is 15.6 Å². The van der Waals surface area contributed by atoms with E-state index < -0.39 is 0 Å². The Bertz CT molecular complexity index is 366. The molecule has 1 atom stereocenters. The zero-order valence-electron chi connectivity index (χ0n) is 10.1. The van der Waals surface area contributed by atoms with Crippen LogP contribution in [0.15, 0.2) is 16.7 Å². The van der Waals surface area contributed by atoms with Crippen LogP contribution >= 0.6 is 28.3 Å². The van der Waals surface area contributed by atoms with Crippen molar-refractivity contribution in [1.29, 1.82) is 0 Å². The van der Waals surface area contributed by atoms with Gasteiger partial charge in [-0.15, -0.1) is 12.4 Å². The number of carbonyl (C=O) groups excluding carboxylic acids is 1. The fourth-order valence-electron chi connectivity index (χ4n) is 1.43. The Kier molecular flexibility index (Phi) is 7.50. The lowest BCUT2D eigenvalue weighted by molar-refractivity contribution is 0.0943. The first kappa shape index (κ1) is 16.5. The highest BCUT2D eigenvalue weighted by atomic mass is 79.9. The minimum Gasteiger partial charge on any atom is -0.351 e. The van der Waals surface area contributed by atoms with Gasteiger partial charge in [0.15, 0.2) is 0 Å². The van der Waals surface area contributed by atoms with Gasteiger partial charge in [-0.1, -0.05) is 0 Å². The van der Waals surface area contributed by atoms with Crippen molar-refractivity contribution in [2.75, 3.05) is 6.54 Å².